The molecule has 3 heteroatoms. The minimum Gasteiger partial charge on any atom is -0.312 e. The summed E-state index contributed by atoms with van der Waals surface area (Å²) in [6, 6.07) is 2.81. The lowest BCUT2D eigenvalue weighted by Gasteiger charge is -2.15. The van der Waals surface area contributed by atoms with Gasteiger partial charge in [0.15, 0.2) is 0 Å². The van der Waals surface area contributed by atoms with Crippen LogP contribution in [-0.4, -0.2) is 18.6 Å². The first-order valence-electron chi connectivity index (χ1n) is 5.43. The Hall–Kier alpha value is 0.0100. The van der Waals surface area contributed by atoms with Gasteiger partial charge in [0.05, 0.1) is 0 Å². The molecular weight excluding hydrogens is 222 g/mol. The van der Waals surface area contributed by atoms with Crippen molar-refractivity contribution in [2.45, 2.75) is 26.8 Å². The van der Waals surface area contributed by atoms with Crippen molar-refractivity contribution in [2.24, 2.45) is 5.92 Å². The van der Waals surface area contributed by atoms with Crippen LogP contribution in [0.3, 0.4) is 0 Å². The van der Waals surface area contributed by atoms with E-state index in [9.17, 15) is 0 Å². The number of thioether (sulfide) groups is 1. The molecule has 0 spiro atoms. The van der Waals surface area contributed by atoms with Crippen LogP contribution in [0.1, 0.15) is 30.3 Å². The largest absolute Gasteiger partial charge is 0.312 e. The Morgan fingerprint density at radius 2 is 2.13 bits per heavy atom. The summed E-state index contributed by atoms with van der Waals surface area (Å²) in [7, 11) is 2.05. The van der Waals surface area contributed by atoms with Gasteiger partial charge in [-0.15, -0.1) is 11.3 Å². The van der Waals surface area contributed by atoms with Crippen molar-refractivity contribution in [3.63, 3.8) is 0 Å². The van der Waals surface area contributed by atoms with Crippen molar-refractivity contribution >= 4 is 23.1 Å². The summed E-state index contributed by atoms with van der Waals surface area (Å²) in [6.45, 7) is 6.72. The second-order valence-electron chi connectivity index (χ2n) is 4.26. The van der Waals surface area contributed by atoms with Crippen LogP contribution in [0.25, 0.3) is 0 Å². The summed E-state index contributed by atoms with van der Waals surface area (Å²) >= 11 is 3.88. The molecule has 1 nitrogen and oxygen atoms in total. The summed E-state index contributed by atoms with van der Waals surface area (Å²) in [5.74, 6) is 3.21. The molecule has 1 unspecified atom stereocenters. The van der Waals surface area contributed by atoms with Gasteiger partial charge in [-0.1, -0.05) is 13.8 Å². The molecule has 1 aromatic heterocycles. The predicted molar refractivity (Wildman–Crippen MR) is 73.0 cm³/mol. The smallest absolute Gasteiger partial charge is 0.0417 e. The van der Waals surface area contributed by atoms with E-state index in [0.717, 1.165) is 5.92 Å². The average molecular weight is 243 g/mol. The topological polar surface area (TPSA) is 12.0 Å². The van der Waals surface area contributed by atoms with Crippen LogP contribution in [0.2, 0.25) is 0 Å². The van der Waals surface area contributed by atoms with Crippen LogP contribution in [0, 0.1) is 12.8 Å². The average Bonchev–Trinajstić information content (AvgIpc) is 2.59. The summed E-state index contributed by atoms with van der Waals surface area (Å²) in [4.78, 5) is 1.40. The second kappa shape index (κ2) is 6.56. The minimum absolute atomic E-state index is 0.513. The molecule has 0 saturated heterocycles. The van der Waals surface area contributed by atoms with Crippen LogP contribution in [0.5, 0.6) is 0 Å². The molecule has 0 aliphatic heterocycles. The maximum absolute atomic E-state index is 3.39. The van der Waals surface area contributed by atoms with E-state index in [1.807, 2.05) is 30.1 Å². The first kappa shape index (κ1) is 13.1. The highest BCUT2D eigenvalue weighted by Crippen LogP contribution is 2.23. The van der Waals surface area contributed by atoms with Gasteiger partial charge in [-0.3, -0.25) is 0 Å². The van der Waals surface area contributed by atoms with E-state index in [1.165, 1.54) is 21.9 Å². The number of nitrogens with one attached hydrogen (secondary N) is 1. The van der Waals surface area contributed by atoms with Crippen LogP contribution >= 0.6 is 23.1 Å². The molecule has 1 N–H and O–H groups in total. The van der Waals surface area contributed by atoms with E-state index in [0.29, 0.717) is 6.04 Å². The highest BCUT2D eigenvalue weighted by atomic mass is 32.2. The lowest BCUT2D eigenvalue weighted by Crippen LogP contribution is -2.18. The Morgan fingerprint density at radius 3 is 2.60 bits per heavy atom. The number of aryl methyl sites for hydroxylation is 1. The van der Waals surface area contributed by atoms with Crippen LogP contribution in [-0.2, 0) is 0 Å². The zero-order valence-electron chi connectivity index (χ0n) is 10.0. The zero-order chi connectivity index (χ0) is 11.3. The van der Waals surface area contributed by atoms with E-state index >= 15 is 0 Å². The lowest BCUT2D eigenvalue weighted by atomic mass is 10.2. The van der Waals surface area contributed by atoms with Gasteiger partial charge in [0.2, 0.25) is 0 Å². The van der Waals surface area contributed by atoms with Gasteiger partial charge in [-0.2, -0.15) is 11.8 Å². The Bertz CT molecular complexity index is 281. The first-order chi connectivity index (χ1) is 7.13. The molecule has 1 aromatic rings. The number of hydrogen-bond acceptors (Lipinski definition) is 3. The maximum Gasteiger partial charge on any atom is 0.0417 e. The Morgan fingerprint density at radius 1 is 1.40 bits per heavy atom. The van der Waals surface area contributed by atoms with Crippen LogP contribution in [0.15, 0.2) is 11.4 Å². The molecule has 0 bridgehead atoms. The first-order valence-corrected chi connectivity index (χ1v) is 7.47. The monoisotopic (exact) mass is 243 g/mol. The third-order valence-corrected chi connectivity index (χ3v) is 4.59. The zero-order valence-corrected chi connectivity index (χ0v) is 11.7. The van der Waals surface area contributed by atoms with Gasteiger partial charge in [0.25, 0.3) is 0 Å². The van der Waals surface area contributed by atoms with Crippen molar-refractivity contribution in [1.29, 1.82) is 0 Å². The summed E-state index contributed by atoms with van der Waals surface area (Å²) in [5.41, 5.74) is 1.44. The quantitative estimate of drug-likeness (QED) is 0.817. The molecule has 1 atom stereocenters. The summed E-state index contributed by atoms with van der Waals surface area (Å²) in [6.07, 6.45) is 0. The van der Waals surface area contributed by atoms with Gasteiger partial charge >= 0.3 is 0 Å². The van der Waals surface area contributed by atoms with Crippen molar-refractivity contribution < 1.29 is 0 Å². The van der Waals surface area contributed by atoms with E-state index in [2.05, 4.69) is 37.5 Å². The molecular formula is C12H21NS2. The molecule has 1 rings (SSSR count). The lowest BCUT2D eigenvalue weighted by molar-refractivity contribution is 0.661. The number of hydrogen-bond donors (Lipinski definition) is 1. The number of thiophene rings is 1. The summed E-state index contributed by atoms with van der Waals surface area (Å²) < 4.78 is 0. The van der Waals surface area contributed by atoms with Crippen molar-refractivity contribution in [1.82, 2.24) is 5.32 Å². The molecule has 15 heavy (non-hydrogen) atoms. The van der Waals surface area contributed by atoms with Crippen molar-refractivity contribution in [3.05, 3.63) is 21.9 Å². The van der Waals surface area contributed by atoms with Crippen molar-refractivity contribution in [3.8, 4) is 0 Å². The van der Waals surface area contributed by atoms with Crippen LogP contribution in [0.4, 0.5) is 0 Å². The van der Waals surface area contributed by atoms with Crippen molar-refractivity contribution in [2.75, 3.05) is 18.6 Å². The minimum atomic E-state index is 0.513. The Kier molecular flexibility index (Phi) is 5.72. The van der Waals surface area contributed by atoms with Crippen LogP contribution < -0.4 is 5.32 Å². The van der Waals surface area contributed by atoms with Gasteiger partial charge < -0.3 is 5.32 Å². The predicted octanol–water partition coefficient (Wildman–Crippen LogP) is 3.71. The Labute approximate surface area is 102 Å². The van der Waals surface area contributed by atoms with Gasteiger partial charge in [-0.05, 0) is 42.7 Å². The molecule has 0 aromatic carbocycles. The van der Waals surface area contributed by atoms with E-state index < -0.39 is 0 Å². The fourth-order valence-corrected chi connectivity index (χ4v) is 3.37. The molecule has 0 aliphatic rings. The fraction of sp³-hybridized carbons (Fsp3) is 0.667. The second-order valence-corrected chi connectivity index (χ2v) is 6.45. The molecule has 0 radical (unpaired) electrons. The van der Waals surface area contributed by atoms with Gasteiger partial charge in [0.1, 0.15) is 0 Å². The molecule has 0 saturated carbocycles. The SMILES string of the molecule is CNC(CSCC(C)C)c1csc(C)c1. The standard InChI is InChI=1S/C12H21NS2/c1-9(2)6-14-8-12(13-4)11-5-10(3)15-7-11/h5,7,9,12-13H,6,8H2,1-4H3. The third-order valence-electron chi connectivity index (χ3n) is 2.24. The van der Waals surface area contributed by atoms with E-state index in [-0.39, 0.29) is 0 Å². The normalized spacial score (nSPS) is 13.4. The highest BCUT2D eigenvalue weighted by molar-refractivity contribution is 7.99. The maximum atomic E-state index is 3.39. The highest BCUT2D eigenvalue weighted by Gasteiger charge is 2.10. The summed E-state index contributed by atoms with van der Waals surface area (Å²) in [5, 5.41) is 5.66. The molecule has 0 aliphatic carbocycles. The van der Waals surface area contributed by atoms with E-state index in [1.54, 1.807) is 0 Å². The van der Waals surface area contributed by atoms with E-state index in [4.69, 9.17) is 0 Å². The molecule has 1 heterocycles. The Balaban J connectivity index is 2.42. The molecule has 0 amide bonds. The third kappa shape index (κ3) is 4.58. The molecule has 86 valence electrons. The van der Waals surface area contributed by atoms with Gasteiger partial charge in [-0.25, -0.2) is 0 Å². The number of rotatable bonds is 6. The van der Waals surface area contributed by atoms with Gasteiger partial charge in [0, 0.05) is 16.7 Å². The fourth-order valence-electron chi connectivity index (χ4n) is 1.41. The molecule has 0 fully saturated rings.